The summed E-state index contributed by atoms with van der Waals surface area (Å²) < 4.78 is 11.7. The highest BCUT2D eigenvalue weighted by Gasteiger charge is 2.31. The number of aryl methyl sites for hydroxylation is 1. The van der Waals surface area contributed by atoms with Crippen molar-refractivity contribution in [1.29, 1.82) is 0 Å². The molecule has 0 spiro atoms. The molecule has 0 saturated carbocycles. The van der Waals surface area contributed by atoms with E-state index in [2.05, 4.69) is 26.1 Å². The highest BCUT2D eigenvalue weighted by molar-refractivity contribution is 9.10. The SMILES string of the molecule is Cc1cc(Br)ccc1-c1noc(C2COCC2N)n1. The van der Waals surface area contributed by atoms with Crippen molar-refractivity contribution >= 4 is 15.9 Å². The molecular weight excluding hydrogens is 310 g/mol. The Hall–Kier alpha value is -1.24. The van der Waals surface area contributed by atoms with Gasteiger partial charge in [-0.25, -0.2) is 0 Å². The monoisotopic (exact) mass is 323 g/mol. The average molecular weight is 324 g/mol. The Kier molecular flexibility index (Phi) is 3.38. The summed E-state index contributed by atoms with van der Waals surface area (Å²) in [5.74, 6) is 1.15. The van der Waals surface area contributed by atoms with Gasteiger partial charge in [0, 0.05) is 16.1 Å². The summed E-state index contributed by atoms with van der Waals surface area (Å²) in [6.07, 6.45) is 0. The van der Waals surface area contributed by atoms with E-state index in [4.69, 9.17) is 15.0 Å². The van der Waals surface area contributed by atoms with Gasteiger partial charge in [0.1, 0.15) is 0 Å². The van der Waals surface area contributed by atoms with Gasteiger partial charge in [0.05, 0.1) is 19.1 Å². The molecule has 2 atom stereocenters. The zero-order valence-corrected chi connectivity index (χ0v) is 12.1. The number of hydrogen-bond donors (Lipinski definition) is 1. The molecule has 1 aromatic heterocycles. The number of nitrogens with zero attached hydrogens (tertiary/aromatic N) is 2. The molecule has 1 fully saturated rings. The third-order valence-electron chi connectivity index (χ3n) is 3.31. The van der Waals surface area contributed by atoms with Crippen molar-refractivity contribution in [3.8, 4) is 11.4 Å². The Morgan fingerprint density at radius 1 is 1.37 bits per heavy atom. The Bertz CT molecular complexity index is 599. The maximum Gasteiger partial charge on any atom is 0.234 e. The Morgan fingerprint density at radius 3 is 2.89 bits per heavy atom. The predicted octanol–water partition coefficient (Wildman–Crippen LogP) is 2.25. The van der Waals surface area contributed by atoms with Gasteiger partial charge in [-0.15, -0.1) is 0 Å². The van der Waals surface area contributed by atoms with Gasteiger partial charge in [-0.2, -0.15) is 4.98 Å². The van der Waals surface area contributed by atoms with Crippen molar-refractivity contribution in [1.82, 2.24) is 10.1 Å². The number of ether oxygens (including phenoxy) is 1. The number of hydrogen-bond acceptors (Lipinski definition) is 5. The molecule has 2 aromatic rings. The van der Waals surface area contributed by atoms with Crippen molar-refractivity contribution in [2.45, 2.75) is 18.9 Å². The first-order valence-electron chi connectivity index (χ1n) is 6.08. The molecule has 0 amide bonds. The third-order valence-corrected chi connectivity index (χ3v) is 3.81. The molecular formula is C13H14BrN3O2. The van der Waals surface area contributed by atoms with E-state index in [1.54, 1.807) is 0 Å². The van der Waals surface area contributed by atoms with Gasteiger partial charge in [-0.3, -0.25) is 0 Å². The molecule has 19 heavy (non-hydrogen) atoms. The maximum atomic E-state index is 5.95. The standard InChI is InChI=1S/C13H14BrN3O2/c1-7-4-8(14)2-3-9(7)12-16-13(19-17-12)10-5-18-6-11(10)15/h2-4,10-11H,5-6,15H2,1H3. The first kappa shape index (κ1) is 12.8. The Balaban J connectivity index is 1.92. The molecule has 5 nitrogen and oxygen atoms in total. The number of halogens is 1. The van der Waals surface area contributed by atoms with Gasteiger partial charge < -0.3 is 15.0 Å². The quantitative estimate of drug-likeness (QED) is 0.917. The van der Waals surface area contributed by atoms with Gasteiger partial charge in [-0.1, -0.05) is 21.1 Å². The summed E-state index contributed by atoms with van der Waals surface area (Å²) >= 11 is 3.44. The summed E-state index contributed by atoms with van der Waals surface area (Å²) in [7, 11) is 0. The molecule has 1 aliphatic rings. The summed E-state index contributed by atoms with van der Waals surface area (Å²) in [6.45, 7) is 3.10. The van der Waals surface area contributed by atoms with Crippen LogP contribution in [0.3, 0.4) is 0 Å². The van der Waals surface area contributed by atoms with Crippen LogP contribution in [0.4, 0.5) is 0 Å². The van der Waals surface area contributed by atoms with Crippen LogP contribution in [0.5, 0.6) is 0 Å². The van der Waals surface area contributed by atoms with E-state index in [0.717, 1.165) is 15.6 Å². The first-order valence-corrected chi connectivity index (χ1v) is 6.88. The third kappa shape index (κ3) is 2.43. The first-order chi connectivity index (χ1) is 9.15. The van der Waals surface area contributed by atoms with Crippen LogP contribution in [-0.2, 0) is 4.74 Å². The van der Waals surface area contributed by atoms with Crippen LogP contribution in [-0.4, -0.2) is 29.4 Å². The smallest absolute Gasteiger partial charge is 0.234 e. The molecule has 1 aliphatic heterocycles. The predicted molar refractivity (Wildman–Crippen MR) is 73.7 cm³/mol. The minimum atomic E-state index is -0.0701. The summed E-state index contributed by atoms with van der Waals surface area (Å²) in [5, 5.41) is 4.04. The molecule has 100 valence electrons. The molecule has 1 aromatic carbocycles. The van der Waals surface area contributed by atoms with E-state index in [-0.39, 0.29) is 12.0 Å². The molecule has 1 saturated heterocycles. The van der Waals surface area contributed by atoms with Crippen LogP contribution in [0.15, 0.2) is 27.2 Å². The molecule has 2 N–H and O–H groups in total. The second kappa shape index (κ2) is 5.03. The number of nitrogens with two attached hydrogens (primary N) is 1. The van der Waals surface area contributed by atoms with E-state index in [1.165, 1.54) is 0 Å². The fourth-order valence-electron chi connectivity index (χ4n) is 2.20. The van der Waals surface area contributed by atoms with E-state index < -0.39 is 0 Å². The maximum absolute atomic E-state index is 5.95. The molecule has 3 rings (SSSR count). The average Bonchev–Trinajstić information content (AvgIpc) is 2.97. The molecule has 2 unspecified atom stereocenters. The number of benzene rings is 1. The van der Waals surface area contributed by atoms with Crippen LogP contribution < -0.4 is 5.73 Å². The molecule has 0 aliphatic carbocycles. The lowest BCUT2D eigenvalue weighted by molar-refractivity contribution is 0.187. The zero-order valence-electron chi connectivity index (χ0n) is 10.5. The second-order valence-electron chi connectivity index (χ2n) is 4.72. The molecule has 0 bridgehead atoms. The van der Waals surface area contributed by atoms with Gasteiger partial charge in [-0.05, 0) is 30.7 Å². The highest BCUT2D eigenvalue weighted by atomic mass is 79.9. The van der Waals surface area contributed by atoms with Gasteiger partial charge in [0.25, 0.3) is 0 Å². The fraction of sp³-hybridized carbons (Fsp3) is 0.385. The Labute approximate surface area is 119 Å². The van der Waals surface area contributed by atoms with Crippen molar-refractivity contribution in [2.24, 2.45) is 5.73 Å². The molecule has 2 heterocycles. The zero-order chi connectivity index (χ0) is 13.4. The lowest BCUT2D eigenvalue weighted by atomic mass is 10.0. The normalized spacial score (nSPS) is 22.9. The lowest BCUT2D eigenvalue weighted by Gasteiger charge is -2.06. The van der Waals surface area contributed by atoms with Gasteiger partial charge >= 0.3 is 0 Å². The second-order valence-corrected chi connectivity index (χ2v) is 5.64. The largest absolute Gasteiger partial charge is 0.379 e. The van der Waals surface area contributed by atoms with Crippen molar-refractivity contribution in [2.75, 3.05) is 13.2 Å². The van der Waals surface area contributed by atoms with E-state index in [0.29, 0.717) is 24.9 Å². The molecule has 6 heteroatoms. The highest BCUT2D eigenvalue weighted by Crippen LogP contribution is 2.28. The van der Waals surface area contributed by atoms with Crippen LogP contribution in [0.25, 0.3) is 11.4 Å². The minimum Gasteiger partial charge on any atom is -0.379 e. The Morgan fingerprint density at radius 2 is 2.21 bits per heavy atom. The van der Waals surface area contributed by atoms with Crippen molar-refractivity contribution in [3.63, 3.8) is 0 Å². The van der Waals surface area contributed by atoms with Gasteiger partial charge in [0.15, 0.2) is 0 Å². The van der Waals surface area contributed by atoms with Crippen LogP contribution in [0, 0.1) is 6.92 Å². The van der Waals surface area contributed by atoms with Crippen molar-refractivity contribution in [3.05, 3.63) is 34.1 Å². The number of rotatable bonds is 2. The lowest BCUT2D eigenvalue weighted by Crippen LogP contribution is -2.26. The van der Waals surface area contributed by atoms with Crippen molar-refractivity contribution < 1.29 is 9.26 Å². The van der Waals surface area contributed by atoms with E-state index in [9.17, 15) is 0 Å². The number of aromatic nitrogens is 2. The topological polar surface area (TPSA) is 74.2 Å². The fourth-order valence-corrected chi connectivity index (χ4v) is 2.67. The van der Waals surface area contributed by atoms with E-state index >= 15 is 0 Å². The van der Waals surface area contributed by atoms with Crippen LogP contribution in [0.2, 0.25) is 0 Å². The summed E-state index contributed by atoms with van der Waals surface area (Å²) in [5.41, 5.74) is 8.00. The van der Waals surface area contributed by atoms with Gasteiger partial charge in [0.2, 0.25) is 11.7 Å². The summed E-state index contributed by atoms with van der Waals surface area (Å²) in [6, 6.07) is 5.89. The molecule has 0 radical (unpaired) electrons. The summed E-state index contributed by atoms with van der Waals surface area (Å²) in [4.78, 5) is 4.45. The van der Waals surface area contributed by atoms with E-state index in [1.807, 2.05) is 25.1 Å². The van der Waals surface area contributed by atoms with Crippen LogP contribution >= 0.6 is 15.9 Å². The minimum absolute atomic E-state index is 0.00277. The van der Waals surface area contributed by atoms with Crippen LogP contribution in [0.1, 0.15) is 17.4 Å².